The number of aliphatic imine (C=N–C) groups is 2. The first-order chi connectivity index (χ1) is 10.2. The van der Waals surface area contributed by atoms with Gasteiger partial charge in [0.15, 0.2) is 5.90 Å². The highest BCUT2D eigenvalue weighted by Crippen LogP contribution is 2.01. The first-order valence-electron chi connectivity index (χ1n) is 7.55. The summed E-state index contributed by atoms with van der Waals surface area (Å²) in [6.07, 6.45) is 3.56. The van der Waals surface area contributed by atoms with Gasteiger partial charge < -0.3 is 9.47 Å². The molecule has 0 heterocycles. The van der Waals surface area contributed by atoms with Crippen molar-refractivity contribution >= 4 is 52.8 Å². The van der Waals surface area contributed by atoms with Crippen LogP contribution in [0.1, 0.15) is 12.5 Å². The van der Waals surface area contributed by atoms with Gasteiger partial charge in [0.1, 0.15) is 0 Å². The second-order valence-corrected chi connectivity index (χ2v) is 6.42. The van der Waals surface area contributed by atoms with Crippen molar-refractivity contribution in [2.45, 2.75) is 6.92 Å². The molecule has 0 spiro atoms. The van der Waals surface area contributed by atoms with Crippen molar-refractivity contribution in [1.82, 2.24) is 0 Å². The predicted octanol–water partition coefficient (Wildman–Crippen LogP) is -2.84. The molecule has 0 unspecified atom stereocenters. The van der Waals surface area contributed by atoms with E-state index in [1.54, 1.807) is 0 Å². The van der Waals surface area contributed by atoms with Crippen LogP contribution < -0.4 is 0 Å². The lowest BCUT2D eigenvalue weighted by Gasteiger charge is -2.06. The summed E-state index contributed by atoms with van der Waals surface area (Å²) in [5, 5.41) is 0. The van der Waals surface area contributed by atoms with Crippen LogP contribution in [0, 0.1) is 0 Å². The van der Waals surface area contributed by atoms with E-state index < -0.39 is 0 Å². The number of hydrogen-bond donors (Lipinski definition) is 0. The Balaban J connectivity index is 0.000000433. The smallest absolute Gasteiger partial charge is 0.215 e. The minimum Gasteiger partial charge on any atom is -0.486 e. The Labute approximate surface area is 140 Å². The molecule has 0 aromatic heterocycles. The van der Waals surface area contributed by atoms with E-state index in [0.717, 1.165) is 83.1 Å². The molecule has 0 saturated carbocycles. The van der Waals surface area contributed by atoms with Gasteiger partial charge in [-0.05, 0) is 12.1 Å². The Morgan fingerprint density at radius 3 is 1.95 bits per heavy atom. The van der Waals surface area contributed by atoms with Crippen molar-refractivity contribution in [3.05, 3.63) is 35.9 Å². The molecule has 21 heavy (non-hydrogen) atoms. The molecule has 0 saturated heterocycles. The summed E-state index contributed by atoms with van der Waals surface area (Å²) in [5.74, 6) is 1.67. The predicted molar refractivity (Wildman–Crippen MR) is 107 cm³/mol. The molecule has 0 bridgehead atoms. The van der Waals surface area contributed by atoms with Crippen molar-refractivity contribution in [1.29, 1.82) is 0 Å². The Bertz CT molecular complexity index is 427. The molecule has 0 aliphatic heterocycles. The van der Waals surface area contributed by atoms with Crippen LogP contribution in [0.25, 0.3) is 0 Å². The normalized spacial score (nSPS) is 12.0. The quantitative estimate of drug-likeness (QED) is 0.324. The van der Waals surface area contributed by atoms with Gasteiger partial charge in [0.05, 0.1) is 32.9 Å². The molecule has 0 amide bonds. The Morgan fingerprint density at radius 1 is 0.905 bits per heavy atom. The zero-order chi connectivity index (χ0) is 15.9. The van der Waals surface area contributed by atoms with Crippen LogP contribution in [0.5, 0.6) is 0 Å². The van der Waals surface area contributed by atoms with E-state index in [-0.39, 0.29) is 0 Å². The van der Waals surface area contributed by atoms with Gasteiger partial charge in [-0.1, -0.05) is 18.2 Å². The second kappa shape index (κ2) is 14.0. The summed E-state index contributed by atoms with van der Waals surface area (Å²) >= 11 is 0. The summed E-state index contributed by atoms with van der Waals surface area (Å²) in [7, 11) is 4.38. The van der Waals surface area contributed by atoms with Crippen LogP contribution in [0.15, 0.2) is 40.3 Å². The van der Waals surface area contributed by atoms with Gasteiger partial charge in [-0.25, -0.2) is 0 Å². The van der Waals surface area contributed by atoms with Gasteiger partial charge in [-0.3, -0.25) is 9.98 Å². The van der Waals surface area contributed by atoms with Crippen LogP contribution in [-0.2, 0) is 9.47 Å². The average Bonchev–Trinajstić information content (AvgIpc) is 2.49. The van der Waals surface area contributed by atoms with Gasteiger partial charge in [0, 0.05) is 45.3 Å². The number of benzene rings is 1. The average molecular weight is 357 g/mol. The number of hydrogen-bond acceptors (Lipinski definition) is 4. The molecule has 8 heteroatoms. The van der Waals surface area contributed by atoms with Crippen molar-refractivity contribution < 1.29 is 9.47 Å². The molecule has 4 nitrogen and oxygen atoms in total. The number of ether oxygens (including phenoxy) is 2. The van der Waals surface area contributed by atoms with Crippen LogP contribution >= 0.6 is 0 Å². The molecule has 1 rings (SSSR count). The zero-order valence-corrected chi connectivity index (χ0v) is 21.9. The second-order valence-electron chi connectivity index (χ2n) is 4.00. The molecule has 0 aliphatic carbocycles. The highest BCUT2D eigenvalue weighted by Gasteiger charge is 2.00. The largest absolute Gasteiger partial charge is 0.486 e. The maximum absolute atomic E-state index is 5.50. The monoisotopic (exact) mass is 356 g/mol. The molecule has 0 N–H and O–H groups in total. The lowest BCUT2D eigenvalue weighted by atomic mass is 10.2. The molecule has 1 aromatic rings. The van der Waals surface area contributed by atoms with E-state index >= 15 is 0 Å². The lowest BCUT2D eigenvalue weighted by molar-refractivity contribution is 0.371. The molecule has 0 atom stereocenters. The van der Waals surface area contributed by atoms with Crippen LogP contribution in [-0.4, -0.2) is 77.6 Å². The Hall–Kier alpha value is -0.972. The Morgan fingerprint density at radius 2 is 1.48 bits per heavy atom. The van der Waals surface area contributed by atoms with Gasteiger partial charge in [-0.2, -0.15) is 0 Å². The standard InChI is InChI=1S/C9H15NOSi2.C4H13NOSi2/c12-6-10-9(11-7-13)8-4-2-1-3-5-8;1-4(5-2-7)6-3-8/h1-5H,6-7H2,12-13H3;2-3H2,1,7-8H3. The molecule has 0 aliphatic rings. The fourth-order valence-corrected chi connectivity index (χ4v) is 2.98. The highest BCUT2D eigenvalue weighted by molar-refractivity contribution is 6.11. The third-order valence-electron chi connectivity index (χ3n) is 2.34. The molecule has 1 aromatic carbocycles. The van der Waals surface area contributed by atoms with Crippen molar-refractivity contribution in [2.75, 3.05) is 24.8 Å². The zero-order valence-electron chi connectivity index (χ0n) is 13.9. The highest BCUT2D eigenvalue weighted by atomic mass is 28.2. The summed E-state index contributed by atoms with van der Waals surface area (Å²) in [5.41, 5.74) is 1.09. The van der Waals surface area contributed by atoms with Crippen LogP contribution in [0.2, 0.25) is 0 Å². The van der Waals surface area contributed by atoms with E-state index in [4.69, 9.17) is 9.47 Å². The van der Waals surface area contributed by atoms with Gasteiger partial charge in [0.25, 0.3) is 0 Å². The molecule has 118 valence electrons. The fraction of sp³-hybridized carbons (Fsp3) is 0.385. The summed E-state index contributed by atoms with van der Waals surface area (Å²) in [4.78, 5) is 8.46. The third kappa shape index (κ3) is 10.4. The van der Waals surface area contributed by atoms with Crippen molar-refractivity contribution in [2.24, 2.45) is 9.98 Å². The fourth-order valence-electron chi connectivity index (χ4n) is 1.56. The van der Waals surface area contributed by atoms with E-state index in [9.17, 15) is 0 Å². The minimum absolute atomic E-state index is 0.811. The first-order valence-corrected chi connectivity index (χ1v) is 13.2. The SMILES string of the molecule is CC(=NC[SiH3])OC[SiH3].[SiH3]CN=C(OC[SiH3])c1ccccc1. The minimum atomic E-state index is 0.811. The molecular weight excluding hydrogens is 328 g/mol. The maximum Gasteiger partial charge on any atom is 0.215 e. The van der Waals surface area contributed by atoms with E-state index in [1.807, 2.05) is 37.3 Å². The lowest BCUT2D eigenvalue weighted by Crippen LogP contribution is -2.08. The van der Waals surface area contributed by atoms with Crippen molar-refractivity contribution in [3.63, 3.8) is 0 Å². The maximum atomic E-state index is 5.50. The van der Waals surface area contributed by atoms with Gasteiger partial charge in [-0.15, -0.1) is 0 Å². The van der Waals surface area contributed by atoms with E-state index in [0.29, 0.717) is 0 Å². The summed E-state index contributed by atoms with van der Waals surface area (Å²) in [6, 6.07) is 10.1. The molecular formula is C13H28N2O2Si4. The molecule has 0 radical (unpaired) electrons. The van der Waals surface area contributed by atoms with Gasteiger partial charge in [0.2, 0.25) is 5.90 Å². The Kier molecular flexibility index (Phi) is 13.3. The van der Waals surface area contributed by atoms with Gasteiger partial charge >= 0.3 is 0 Å². The summed E-state index contributed by atoms with van der Waals surface area (Å²) < 4.78 is 10.6. The van der Waals surface area contributed by atoms with Crippen molar-refractivity contribution in [3.8, 4) is 0 Å². The topological polar surface area (TPSA) is 43.2 Å². The number of rotatable bonds is 5. The first kappa shape index (κ1) is 20.0. The summed E-state index contributed by atoms with van der Waals surface area (Å²) in [6.45, 7) is 1.91. The third-order valence-corrected chi connectivity index (χ3v) is 3.55. The number of nitrogens with zero attached hydrogens (tertiary/aromatic N) is 2. The van der Waals surface area contributed by atoms with Crippen LogP contribution in [0.4, 0.5) is 0 Å². The van der Waals surface area contributed by atoms with E-state index in [2.05, 4.69) is 9.98 Å². The van der Waals surface area contributed by atoms with E-state index in [1.165, 1.54) is 0 Å². The van der Waals surface area contributed by atoms with Crippen LogP contribution in [0.3, 0.4) is 0 Å². The molecule has 0 fully saturated rings.